The molecule has 0 aliphatic heterocycles. The summed E-state index contributed by atoms with van der Waals surface area (Å²) in [5, 5.41) is 17.7. The van der Waals surface area contributed by atoms with E-state index in [2.05, 4.69) is 11.1 Å². The molecule has 94 valence electrons. The molecule has 0 spiro atoms. The Bertz CT molecular complexity index is 503. The molecule has 0 radical (unpaired) electrons. The zero-order valence-electron chi connectivity index (χ0n) is 10.3. The number of carboxylic acids is 1. The quantitative estimate of drug-likeness (QED) is 0.858. The molecule has 18 heavy (non-hydrogen) atoms. The molecule has 5 nitrogen and oxygen atoms in total. The number of carboxylic acid groups (broad SMARTS) is 1. The van der Waals surface area contributed by atoms with Gasteiger partial charge in [-0.3, -0.25) is 0 Å². The zero-order chi connectivity index (χ0) is 13.1. The van der Waals surface area contributed by atoms with Crippen LogP contribution in [0.5, 0.6) is 0 Å². The van der Waals surface area contributed by atoms with Gasteiger partial charge in [0.05, 0.1) is 18.1 Å². The first-order chi connectivity index (χ1) is 8.61. The maximum Gasteiger partial charge on any atom is 0.335 e. The SMILES string of the molecule is Cc1cc(C(=O)O)cc(N(CCC#N)C2CC2)n1. The molecule has 0 unspecified atom stereocenters. The molecule has 2 rings (SSSR count). The summed E-state index contributed by atoms with van der Waals surface area (Å²) in [6.07, 6.45) is 2.60. The minimum absolute atomic E-state index is 0.250. The van der Waals surface area contributed by atoms with Gasteiger partial charge in [0.1, 0.15) is 5.82 Å². The van der Waals surface area contributed by atoms with Crippen molar-refractivity contribution in [3.05, 3.63) is 23.4 Å². The third-order valence-corrected chi connectivity index (χ3v) is 2.93. The van der Waals surface area contributed by atoms with E-state index >= 15 is 0 Å². The van der Waals surface area contributed by atoms with Gasteiger partial charge in [0, 0.05) is 18.3 Å². The fourth-order valence-corrected chi connectivity index (χ4v) is 1.96. The van der Waals surface area contributed by atoms with Crippen molar-refractivity contribution in [3.63, 3.8) is 0 Å². The van der Waals surface area contributed by atoms with Gasteiger partial charge >= 0.3 is 5.97 Å². The van der Waals surface area contributed by atoms with Crippen molar-refractivity contribution in [2.45, 2.75) is 32.2 Å². The van der Waals surface area contributed by atoms with Gasteiger partial charge in [0.15, 0.2) is 0 Å². The topological polar surface area (TPSA) is 77.2 Å². The largest absolute Gasteiger partial charge is 0.478 e. The monoisotopic (exact) mass is 245 g/mol. The van der Waals surface area contributed by atoms with E-state index in [-0.39, 0.29) is 5.56 Å². The second-order valence-corrected chi connectivity index (χ2v) is 4.49. The lowest BCUT2D eigenvalue weighted by molar-refractivity contribution is 0.0696. The minimum Gasteiger partial charge on any atom is -0.478 e. The highest BCUT2D eigenvalue weighted by Gasteiger charge is 2.30. The van der Waals surface area contributed by atoms with Crippen LogP contribution in [0.2, 0.25) is 0 Å². The van der Waals surface area contributed by atoms with Crippen LogP contribution >= 0.6 is 0 Å². The van der Waals surface area contributed by atoms with Crippen LogP contribution in [0.3, 0.4) is 0 Å². The number of aryl methyl sites for hydroxylation is 1. The molecule has 1 saturated carbocycles. The smallest absolute Gasteiger partial charge is 0.335 e. The number of rotatable bonds is 5. The fourth-order valence-electron chi connectivity index (χ4n) is 1.96. The molecule has 1 N–H and O–H groups in total. The Kier molecular flexibility index (Phi) is 3.47. The van der Waals surface area contributed by atoms with Gasteiger partial charge in [-0.2, -0.15) is 5.26 Å². The maximum absolute atomic E-state index is 11.0. The number of nitrogens with zero attached hydrogens (tertiary/aromatic N) is 3. The van der Waals surface area contributed by atoms with E-state index in [1.165, 1.54) is 0 Å². The summed E-state index contributed by atoms with van der Waals surface area (Å²) in [7, 11) is 0. The Morgan fingerprint density at radius 1 is 1.61 bits per heavy atom. The summed E-state index contributed by atoms with van der Waals surface area (Å²) < 4.78 is 0. The predicted molar refractivity (Wildman–Crippen MR) is 66.5 cm³/mol. The van der Waals surface area contributed by atoms with Gasteiger partial charge in [0.2, 0.25) is 0 Å². The lowest BCUT2D eigenvalue weighted by Gasteiger charge is -2.23. The van der Waals surface area contributed by atoms with Crippen molar-refractivity contribution < 1.29 is 9.90 Å². The standard InChI is InChI=1S/C13H15N3O2/c1-9-7-10(13(17)18)8-12(15-9)16(6-2-5-14)11-3-4-11/h7-8,11H,2-4,6H2,1H3,(H,17,18). The van der Waals surface area contributed by atoms with E-state index in [0.29, 0.717) is 30.5 Å². The van der Waals surface area contributed by atoms with E-state index < -0.39 is 5.97 Å². The van der Waals surface area contributed by atoms with Crippen molar-refractivity contribution >= 4 is 11.8 Å². The van der Waals surface area contributed by atoms with Crippen LogP contribution < -0.4 is 4.90 Å². The maximum atomic E-state index is 11.0. The first-order valence-corrected chi connectivity index (χ1v) is 5.97. The second kappa shape index (κ2) is 5.05. The summed E-state index contributed by atoms with van der Waals surface area (Å²) >= 11 is 0. The molecule has 0 amide bonds. The Morgan fingerprint density at radius 3 is 2.89 bits per heavy atom. The Labute approximate surface area is 106 Å². The normalized spacial score (nSPS) is 14.0. The Morgan fingerprint density at radius 2 is 2.33 bits per heavy atom. The molecular weight excluding hydrogens is 230 g/mol. The van der Waals surface area contributed by atoms with Crippen LogP contribution in [0.25, 0.3) is 0 Å². The van der Waals surface area contributed by atoms with Crippen LogP contribution in [-0.2, 0) is 0 Å². The highest BCUT2D eigenvalue weighted by molar-refractivity contribution is 5.88. The first kappa shape index (κ1) is 12.4. The van der Waals surface area contributed by atoms with E-state index in [9.17, 15) is 4.79 Å². The zero-order valence-corrected chi connectivity index (χ0v) is 10.3. The fraction of sp³-hybridized carbons (Fsp3) is 0.462. The summed E-state index contributed by atoms with van der Waals surface area (Å²) in [4.78, 5) is 17.5. The number of carbonyl (C=O) groups is 1. The van der Waals surface area contributed by atoms with Crippen LogP contribution in [0.1, 0.15) is 35.3 Å². The van der Waals surface area contributed by atoms with Gasteiger partial charge in [-0.05, 0) is 31.9 Å². The third-order valence-electron chi connectivity index (χ3n) is 2.93. The first-order valence-electron chi connectivity index (χ1n) is 5.97. The van der Waals surface area contributed by atoms with E-state index in [0.717, 1.165) is 12.8 Å². The van der Waals surface area contributed by atoms with Crippen LogP contribution in [-0.4, -0.2) is 28.6 Å². The van der Waals surface area contributed by atoms with Crippen molar-refractivity contribution in [1.82, 2.24) is 4.98 Å². The van der Waals surface area contributed by atoms with Gasteiger partial charge in [-0.15, -0.1) is 0 Å². The molecule has 1 heterocycles. The van der Waals surface area contributed by atoms with E-state index in [4.69, 9.17) is 10.4 Å². The van der Waals surface area contributed by atoms with Crippen molar-refractivity contribution in [2.75, 3.05) is 11.4 Å². The average molecular weight is 245 g/mol. The number of hydrogen-bond donors (Lipinski definition) is 1. The molecule has 1 aromatic heterocycles. The number of nitriles is 1. The van der Waals surface area contributed by atoms with Gasteiger partial charge in [0.25, 0.3) is 0 Å². The number of aromatic nitrogens is 1. The number of pyridine rings is 1. The Balaban J connectivity index is 2.29. The summed E-state index contributed by atoms with van der Waals surface area (Å²) in [6.45, 7) is 2.39. The Hall–Kier alpha value is -2.09. The van der Waals surface area contributed by atoms with Crippen molar-refractivity contribution in [1.29, 1.82) is 5.26 Å². The molecule has 1 aliphatic carbocycles. The molecule has 1 aliphatic rings. The summed E-state index contributed by atoms with van der Waals surface area (Å²) in [5.41, 5.74) is 0.938. The molecule has 0 aromatic carbocycles. The minimum atomic E-state index is -0.946. The molecule has 1 aromatic rings. The number of anilines is 1. The number of hydrogen-bond acceptors (Lipinski definition) is 4. The highest BCUT2D eigenvalue weighted by Crippen LogP contribution is 2.31. The summed E-state index contributed by atoms with van der Waals surface area (Å²) in [6, 6.07) is 5.67. The average Bonchev–Trinajstić information content (AvgIpc) is 3.13. The van der Waals surface area contributed by atoms with Gasteiger partial charge in [-0.1, -0.05) is 0 Å². The van der Waals surface area contributed by atoms with Gasteiger partial charge < -0.3 is 10.0 Å². The third kappa shape index (κ3) is 2.77. The molecule has 0 bridgehead atoms. The lowest BCUT2D eigenvalue weighted by Crippen LogP contribution is -2.28. The van der Waals surface area contributed by atoms with Crippen LogP contribution in [0, 0.1) is 18.3 Å². The molecular formula is C13H15N3O2. The predicted octanol–water partition coefficient (Wildman–Crippen LogP) is 1.97. The number of aromatic carboxylic acids is 1. The summed E-state index contributed by atoms with van der Waals surface area (Å²) in [5.74, 6) is -0.275. The highest BCUT2D eigenvalue weighted by atomic mass is 16.4. The van der Waals surface area contributed by atoms with Crippen molar-refractivity contribution in [3.8, 4) is 6.07 Å². The van der Waals surface area contributed by atoms with E-state index in [1.54, 1.807) is 19.1 Å². The molecule has 5 heteroatoms. The van der Waals surface area contributed by atoms with Gasteiger partial charge in [-0.25, -0.2) is 9.78 Å². The second-order valence-electron chi connectivity index (χ2n) is 4.49. The molecule has 1 fully saturated rings. The molecule has 0 saturated heterocycles. The van der Waals surface area contributed by atoms with E-state index in [1.807, 2.05) is 4.90 Å². The van der Waals surface area contributed by atoms with Crippen LogP contribution in [0.4, 0.5) is 5.82 Å². The lowest BCUT2D eigenvalue weighted by atomic mass is 10.2. The van der Waals surface area contributed by atoms with Crippen molar-refractivity contribution in [2.24, 2.45) is 0 Å². The molecule has 0 atom stereocenters. The van der Waals surface area contributed by atoms with Crippen LogP contribution in [0.15, 0.2) is 12.1 Å².